The Morgan fingerprint density at radius 3 is 2.86 bits per heavy atom. The molecular weight excluding hydrogens is 380 g/mol. The molecule has 0 aromatic heterocycles. The quantitative estimate of drug-likeness (QED) is 0.657. The second kappa shape index (κ2) is 7.58. The Kier molecular flexibility index (Phi) is 4.92. The van der Waals surface area contributed by atoms with E-state index in [2.05, 4.69) is 35.2 Å². The number of hydrogen-bond acceptors (Lipinski definition) is 3. The average molecular weight is 407 g/mol. The van der Waals surface area contributed by atoms with E-state index in [1.807, 2.05) is 12.1 Å². The second-order valence-electron chi connectivity index (χ2n) is 9.04. The number of anilines is 1. The van der Waals surface area contributed by atoms with Crippen molar-refractivity contribution in [1.82, 2.24) is 0 Å². The molecule has 0 unspecified atom stereocenters. The fourth-order valence-electron chi connectivity index (χ4n) is 5.35. The van der Waals surface area contributed by atoms with Crippen LogP contribution in [0, 0.1) is 17.2 Å². The van der Waals surface area contributed by atoms with Crippen LogP contribution in [-0.4, -0.2) is 19.7 Å². The van der Waals surface area contributed by atoms with E-state index in [-0.39, 0.29) is 5.41 Å². The van der Waals surface area contributed by atoms with Gasteiger partial charge in [-0.05, 0) is 79.0 Å². The number of nitriles is 1. The van der Waals surface area contributed by atoms with Crippen molar-refractivity contribution in [2.45, 2.75) is 50.4 Å². The van der Waals surface area contributed by atoms with Crippen molar-refractivity contribution in [2.24, 2.45) is 5.92 Å². The molecule has 0 amide bonds. The van der Waals surface area contributed by atoms with Crippen molar-refractivity contribution in [3.05, 3.63) is 58.1 Å². The van der Waals surface area contributed by atoms with Crippen LogP contribution in [0.25, 0.3) is 0 Å². The van der Waals surface area contributed by atoms with Crippen LogP contribution in [-0.2, 0) is 18.3 Å². The van der Waals surface area contributed by atoms with E-state index in [4.69, 9.17) is 21.6 Å². The summed E-state index contributed by atoms with van der Waals surface area (Å²) in [7, 11) is 0. The summed E-state index contributed by atoms with van der Waals surface area (Å²) in [6.45, 7) is 2.76. The fraction of sp³-hybridized carbons (Fsp3) is 0.480. The number of benzene rings is 2. The van der Waals surface area contributed by atoms with Crippen LogP contribution < -0.4 is 9.64 Å². The molecule has 1 aliphatic heterocycles. The summed E-state index contributed by atoms with van der Waals surface area (Å²) in [6, 6.07) is 15.0. The third-order valence-corrected chi connectivity index (χ3v) is 7.32. The van der Waals surface area contributed by atoms with Gasteiger partial charge in [0.1, 0.15) is 5.75 Å². The topological polar surface area (TPSA) is 36.3 Å². The Morgan fingerprint density at radius 2 is 2.07 bits per heavy atom. The van der Waals surface area contributed by atoms with E-state index >= 15 is 0 Å². The first-order valence-electron chi connectivity index (χ1n) is 10.8. The Labute approximate surface area is 178 Å². The Balaban J connectivity index is 1.56. The number of rotatable bonds is 3. The van der Waals surface area contributed by atoms with Crippen molar-refractivity contribution in [3.8, 4) is 11.8 Å². The predicted octanol–water partition coefficient (Wildman–Crippen LogP) is 5.68. The molecule has 4 heteroatoms. The first-order valence-corrected chi connectivity index (χ1v) is 11.2. The van der Waals surface area contributed by atoms with E-state index in [0.717, 1.165) is 48.2 Å². The van der Waals surface area contributed by atoms with Crippen molar-refractivity contribution < 1.29 is 4.74 Å². The van der Waals surface area contributed by atoms with Crippen LogP contribution in [0.15, 0.2) is 36.4 Å². The molecule has 29 heavy (non-hydrogen) atoms. The van der Waals surface area contributed by atoms with Crippen LogP contribution in [0.1, 0.15) is 48.8 Å². The van der Waals surface area contributed by atoms with Crippen LogP contribution >= 0.6 is 11.6 Å². The third kappa shape index (κ3) is 3.49. The molecule has 0 N–H and O–H groups in total. The highest BCUT2D eigenvalue weighted by Crippen LogP contribution is 2.45. The third-order valence-electron chi connectivity index (χ3n) is 7.09. The first-order chi connectivity index (χ1) is 14.2. The lowest BCUT2D eigenvalue weighted by atomic mass is 9.70. The zero-order valence-corrected chi connectivity index (χ0v) is 17.5. The minimum absolute atomic E-state index is 0.00364. The molecular formula is C25H27ClN2O. The van der Waals surface area contributed by atoms with E-state index < -0.39 is 0 Å². The molecule has 1 heterocycles. The van der Waals surface area contributed by atoms with Crippen LogP contribution in [0.3, 0.4) is 0 Å². The van der Waals surface area contributed by atoms with E-state index in [1.54, 1.807) is 0 Å². The summed E-state index contributed by atoms with van der Waals surface area (Å²) < 4.78 is 6.47. The van der Waals surface area contributed by atoms with Gasteiger partial charge in [-0.15, -0.1) is 0 Å². The molecule has 0 saturated heterocycles. The van der Waals surface area contributed by atoms with Crippen LogP contribution in [0.4, 0.5) is 5.69 Å². The summed E-state index contributed by atoms with van der Waals surface area (Å²) in [6.07, 6.45) is 7.85. The summed E-state index contributed by atoms with van der Waals surface area (Å²) in [5, 5.41) is 9.99. The minimum atomic E-state index is -0.00364. The van der Waals surface area contributed by atoms with Crippen molar-refractivity contribution in [2.75, 3.05) is 24.6 Å². The van der Waals surface area contributed by atoms with Gasteiger partial charge in [0.05, 0.1) is 24.8 Å². The van der Waals surface area contributed by atoms with Gasteiger partial charge in [0.2, 0.25) is 0 Å². The summed E-state index contributed by atoms with van der Waals surface area (Å²) >= 11 is 6.31. The van der Waals surface area contributed by atoms with Gasteiger partial charge in [-0.1, -0.05) is 30.2 Å². The lowest BCUT2D eigenvalue weighted by Crippen LogP contribution is -2.47. The van der Waals surface area contributed by atoms with Crippen LogP contribution in [0.2, 0.25) is 5.02 Å². The fourth-order valence-corrected chi connectivity index (χ4v) is 5.54. The standard InChI is InChI=1S/C25H27ClN2O/c26-21-7-8-22-20(14-21)5-2-11-25(22)16-28(15-19-3-1-4-19)23-13-18(10-12-27)6-9-24(23)29-17-25/h6-9,13-14,19H,1-5,10-11,15-17H2/t25-/m0/s1. The van der Waals surface area contributed by atoms with Gasteiger partial charge in [0.15, 0.2) is 0 Å². The van der Waals surface area contributed by atoms with Gasteiger partial charge in [0, 0.05) is 23.5 Å². The van der Waals surface area contributed by atoms with Gasteiger partial charge in [-0.25, -0.2) is 0 Å². The van der Waals surface area contributed by atoms with Gasteiger partial charge in [-0.2, -0.15) is 5.26 Å². The number of nitrogens with zero attached hydrogens (tertiary/aromatic N) is 2. The molecule has 150 valence electrons. The minimum Gasteiger partial charge on any atom is -0.490 e. The highest BCUT2D eigenvalue weighted by molar-refractivity contribution is 6.30. The van der Waals surface area contributed by atoms with Crippen LogP contribution in [0.5, 0.6) is 5.75 Å². The van der Waals surface area contributed by atoms with E-state index in [0.29, 0.717) is 13.0 Å². The van der Waals surface area contributed by atoms with E-state index in [9.17, 15) is 0 Å². The molecule has 2 aliphatic carbocycles. The first kappa shape index (κ1) is 18.8. The molecule has 2 aromatic rings. The predicted molar refractivity (Wildman–Crippen MR) is 117 cm³/mol. The summed E-state index contributed by atoms with van der Waals surface area (Å²) in [5.74, 6) is 1.73. The summed E-state index contributed by atoms with van der Waals surface area (Å²) in [4.78, 5) is 2.57. The lowest BCUT2D eigenvalue weighted by molar-refractivity contribution is 0.204. The Hall–Kier alpha value is -2.18. The van der Waals surface area contributed by atoms with Gasteiger partial charge in [0.25, 0.3) is 0 Å². The van der Waals surface area contributed by atoms with Crippen molar-refractivity contribution in [1.29, 1.82) is 5.26 Å². The number of fused-ring (bicyclic) bond motifs is 3. The molecule has 0 bridgehead atoms. The smallest absolute Gasteiger partial charge is 0.142 e. The maximum atomic E-state index is 9.16. The van der Waals surface area contributed by atoms with Crippen molar-refractivity contribution >= 4 is 17.3 Å². The Morgan fingerprint density at radius 1 is 1.17 bits per heavy atom. The van der Waals surface area contributed by atoms with Crippen molar-refractivity contribution in [3.63, 3.8) is 0 Å². The highest BCUT2D eigenvalue weighted by atomic mass is 35.5. The van der Waals surface area contributed by atoms with Gasteiger partial charge in [-0.3, -0.25) is 0 Å². The zero-order chi connectivity index (χ0) is 19.8. The largest absolute Gasteiger partial charge is 0.490 e. The number of ether oxygens (including phenoxy) is 1. The second-order valence-corrected chi connectivity index (χ2v) is 9.47. The molecule has 1 atom stereocenters. The monoisotopic (exact) mass is 406 g/mol. The molecule has 0 radical (unpaired) electrons. The number of halogens is 1. The molecule has 5 rings (SSSR count). The molecule has 3 aliphatic rings. The number of hydrogen-bond donors (Lipinski definition) is 0. The average Bonchev–Trinajstić information content (AvgIpc) is 2.83. The van der Waals surface area contributed by atoms with Gasteiger partial charge < -0.3 is 9.64 Å². The molecule has 1 saturated carbocycles. The van der Waals surface area contributed by atoms with E-state index in [1.165, 1.54) is 42.5 Å². The molecule has 1 fully saturated rings. The molecule has 3 nitrogen and oxygen atoms in total. The maximum Gasteiger partial charge on any atom is 0.142 e. The Bertz CT molecular complexity index is 962. The zero-order valence-electron chi connectivity index (χ0n) is 16.8. The lowest BCUT2D eigenvalue weighted by Gasteiger charge is -2.42. The highest BCUT2D eigenvalue weighted by Gasteiger charge is 2.42. The molecule has 2 aromatic carbocycles. The summed E-state index contributed by atoms with van der Waals surface area (Å²) in [5.41, 5.74) is 5.03. The number of aryl methyl sites for hydroxylation is 1. The van der Waals surface area contributed by atoms with Gasteiger partial charge >= 0.3 is 0 Å². The maximum absolute atomic E-state index is 9.16. The molecule has 1 spiro atoms. The normalized spacial score (nSPS) is 23.4. The SMILES string of the molecule is N#CCc1ccc2c(c1)N(CC1CCC1)C[C@@]1(CCCc3cc(Cl)ccc31)CO2.